The zero-order chi connectivity index (χ0) is 24.5. The van der Waals surface area contributed by atoms with E-state index in [4.69, 9.17) is 18.9 Å². The predicted octanol–water partition coefficient (Wildman–Crippen LogP) is -2.70. The number of carbonyl (C=O) groups excluding carboxylic acids is 1. The normalized spacial score (nSPS) is 39.4. The third-order valence-electron chi connectivity index (χ3n) is 5.64. The lowest BCUT2D eigenvalue weighted by atomic mass is 9.95. The minimum Gasteiger partial charge on any atom is -0.394 e. The van der Waals surface area contributed by atoms with Gasteiger partial charge in [-0.15, -0.1) is 0 Å². The van der Waals surface area contributed by atoms with Gasteiger partial charge in [0.1, 0.15) is 48.8 Å². The van der Waals surface area contributed by atoms with E-state index >= 15 is 0 Å². The average Bonchev–Trinajstić information content (AvgIpc) is 2.79. The van der Waals surface area contributed by atoms with Gasteiger partial charge in [-0.2, -0.15) is 11.8 Å². The monoisotopic (exact) mass is 499 g/mol. The number of amides is 1. The number of aliphatic hydroxyl groups is 6. The van der Waals surface area contributed by atoms with Gasteiger partial charge < -0.3 is 54.9 Å². The molecule has 1 amide bonds. The predicted molar refractivity (Wildman–Crippen MR) is 116 cm³/mol. The van der Waals surface area contributed by atoms with Crippen LogP contribution in [-0.2, 0) is 23.7 Å². The zero-order valence-corrected chi connectivity index (χ0v) is 19.7. The first-order valence-corrected chi connectivity index (χ1v) is 12.4. The molecule has 12 nitrogen and oxygen atoms in total. The Kier molecular flexibility index (Phi) is 12.2. The molecule has 2 fully saturated rings. The first-order valence-electron chi connectivity index (χ1n) is 11.0. The Morgan fingerprint density at radius 2 is 1.55 bits per heavy atom. The molecule has 13 heteroatoms. The van der Waals surface area contributed by atoms with E-state index in [0.29, 0.717) is 6.61 Å². The van der Waals surface area contributed by atoms with Crippen molar-refractivity contribution in [3.63, 3.8) is 0 Å². The highest BCUT2D eigenvalue weighted by molar-refractivity contribution is 7.98. The van der Waals surface area contributed by atoms with Gasteiger partial charge in [0.05, 0.1) is 13.2 Å². The number of hydrogen-bond acceptors (Lipinski definition) is 12. The van der Waals surface area contributed by atoms with Crippen LogP contribution in [0.5, 0.6) is 0 Å². The second kappa shape index (κ2) is 14.1. The van der Waals surface area contributed by atoms with Gasteiger partial charge in [-0.05, 0) is 24.9 Å². The molecule has 194 valence electrons. The second-order valence-electron chi connectivity index (χ2n) is 8.16. The van der Waals surface area contributed by atoms with Crippen LogP contribution in [0.2, 0.25) is 0 Å². The first-order chi connectivity index (χ1) is 15.7. The van der Waals surface area contributed by atoms with Crippen molar-refractivity contribution >= 4 is 17.7 Å². The van der Waals surface area contributed by atoms with E-state index in [9.17, 15) is 35.4 Å². The lowest BCUT2D eigenvalue weighted by Crippen LogP contribution is -2.68. The fourth-order valence-electron chi connectivity index (χ4n) is 3.82. The molecule has 2 rings (SSSR count). The summed E-state index contributed by atoms with van der Waals surface area (Å²) in [4.78, 5) is 11.9. The van der Waals surface area contributed by atoms with Gasteiger partial charge in [0.15, 0.2) is 12.6 Å². The van der Waals surface area contributed by atoms with Crippen molar-refractivity contribution in [3.05, 3.63) is 0 Å². The molecular formula is C20H37NO11S. The largest absolute Gasteiger partial charge is 0.394 e. The summed E-state index contributed by atoms with van der Waals surface area (Å²) in [5, 5.41) is 62.7. The number of aliphatic hydroxyl groups excluding tert-OH is 6. The summed E-state index contributed by atoms with van der Waals surface area (Å²) in [6.45, 7) is 0.332. The molecule has 2 aliphatic heterocycles. The van der Waals surface area contributed by atoms with Gasteiger partial charge in [0, 0.05) is 13.5 Å². The van der Waals surface area contributed by atoms with Crippen molar-refractivity contribution in [2.45, 2.75) is 87.5 Å². The summed E-state index contributed by atoms with van der Waals surface area (Å²) < 4.78 is 22.6. The van der Waals surface area contributed by atoms with Crippen molar-refractivity contribution in [2.24, 2.45) is 0 Å². The molecule has 2 aliphatic rings. The number of nitrogens with one attached hydrogen (secondary N) is 1. The molecule has 0 spiro atoms. The van der Waals surface area contributed by atoms with Crippen LogP contribution in [0, 0.1) is 0 Å². The zero-order valence-electron chi connectivity index (χ0n) is 18.9. The Morgan fingerprint density at radius 3 is 2.15 bits per heavy atom. The summed E-state index contributed by atoms with van der Waals surface area (Å²) in [5.41, 5.74) is 0. The summed E-state index contributed by atoms with van der Waals surface area (Å²) in [7, 11) is 0. The third-order valence-corrected chi connectivity index (χ3v) is 6.34. The molecule has 10 atom stereocenters. The maximum Gasteiger partial charge on any atom is 0.217 e. The van der Waals surface area contributed by atoms with Gasteiger partial charge in [0.25, 0.3) is 0 Å². The van der Waals surface area contributed by atoms with E-state index in [-0.39, 0.29) is 0 Å². The number of thioether (sulfide) groups is 1. The highest BCUT2D eigenvalue weighted by Crippen LogP contribution is 2.29. The maximum absolute atomic E-state index is 11.9. The molecule has 0 saturated carbocycles. The number of unbranched alkanes of at least 4 members (excludes halogenated alkanes) is 2. The Balaban J connectivity index is 2.16. The van der Waals surface area contributed by atoms with Gasteiger partial charge in [-0.25, -0.2) is 0 Å². The molecule has 0 radical (unpaired) electrons. The molecule has 0 aromatic carbocycles. The number of carbonyl (C=O) groups is 1. The number of rotatable bonds is 12. The summed E-state index contributed by atoms with van der Waals surface area (Å²) >= 11 is 1.75. The Bertz CT molecular complexity index is 586. The number of ether oxygens (including phenoxy) is 4. The summed E-state index contributed by atoms with van der Waals surface area (Å²) in [6, 6.07) is -1.04. The summed E-state index contributed by atoms with van der Waals surface area (Å²) in [6.07, 6.45) is -7.96. The molecule has 2 heterocycles. The van der Waals surface area contributed by atoms with Gasteiger partial charge in [0.2, 0.25) is 5.91 Å². The standard InChI is InChI=1S/C20H37NO11S/c1-10(24)21-13-18(32-20-17(28)16(27)14(25)11(8-22)31-20)15(26)12(9-23)30-19(13)29-6-4-3-5-7-33-2/h11-20,22-23,25-28H,3-9H2,1-2H3,(H,21,24). The number of hydrogen-bond donors (Lipinski definition) is 7. The maximum atomic E-state index is 11.9. The van der Waals surface area contributed by atoms with Crippen LogP contribution < -0.4 is 5.32 Å². The van der Waals surface area contributed by atoms with E-state index in [1.54, 1.807) is 11.8 Å². The Labute approximate surface area is 197 Å². The van der Waals surface area contributed by atoms with Crippen LogP contribution in [0.25, 0.3) is 0 Å². The SMILES string of the molecule is CSCCCCCOC1OC(CO)C(O)C(OC2OC(CO)C(O)C(O)C2O)C1NC(C)=O. The van der Waals surface area contributed by atoms with Crippen LogP contribution in [0.15, 0.2) is 0 Å². The highest BCUT2D eigenvalue weighted by Gasteiger charge is 2.51. The van der Waals surface area contributed by atoms with Gasteiger partial charge in [-0.1, -0.05) is 6.42 Å². The molecule has 10 unspecified atom stereocenters. The van der Waals surface area contributed by atoms with Crippen LogP contribution in [0.3, 0.4) is 0 Å². The quantitative estimate of drug-likeness (QED) is 0.138. The van der Waals surface area contributed by atoms with Crippen LogP contribution in [0.1, 0.15) is 26.2 Å². The highest BCUT2D eigenvalue weighted by atomic mass is 32.2. The average molecular weight is 500 g/mol. The van der Waals surface area contributed by atoms with E-state index in [1.165, 1.54) is 6.92 Å². The molecule has 0 aromatic rings. The molecular weight excluding hydrogens is 462 g/mol. The van der Waals surface area contributed by atoms with E-state index in [2.05, 4.69) is 5.32 Å². The third kappa shape index (κ3) is 7.70. The van der Waals surface area contributed by atoms with Crippen molar-refractivity contribution < 1.29 is 54.4 Å². The topological polar surface area (TPSA) is 187 Å². The van der Waals surface area contributed by atoms with Crippen molar-refractivity contribution in [2.75, 3.05) is 31.8 Å². The molecule has 2 saturated heterocycles. The summed E-state index contributed by atoms with van der Waals surface area (Å²) in [5.74, 6) is 0.566. The first kappa shape index (κ1) is 28.7. The van der Waals surface area contributed by atoms with E-state index in [0.717, 1.165) is 25.0 Å². The lowest BCUT2D eigenvalue weighted by Gasteiger charge is -2.47. The Morgan fingerprint density at radius 1 is 0.909 bits per heavy atom. The molecule has 7 N–H and O–H groups in total. The van der Waals surface area contributed by atoms with Gasteiger partial charge in [-0.3, -0.25) is 4.79 Å². The second-order valence-corrected chi connectivity index (χ2v) is 9.15. The van der Waals surface area contributed by atoms with Gasteiger partial charge >= 0.3 is 0 Å². The van der Waals surface area contributed by atoms with Crippen molar-refractivity contribution in [1.29, 1.82) is 0 Å². The minimum absolute atomic E-state index is 0.302. The fraction of sp³-hybridized carbons (Fsp3) is 0.950. The van der Waals surface area contributed by atoms with Crippen molar-refractivity contribution in [3.8, 4) is 0 Å². The van der Waals surface area contributed by atoms with Crippen LogP contribution in [-0.4, -0.2) is 130 Å². The fourth-order valence-corrected chi connectivity index (χ4v) is 4.31. The van der Waals surface area contributed by atoms with Crippen molar-refractivity contribution in [1.82, 2.24) is 5.32 Å². The molecule has 0 aromatic heterocycles. The van der Waals surface area contributed by atoms with E-state index in [1.807, 2.05) is 6.26 Å². The molecule has 0 bridgehead atoms. The molecule has 33 heavy (non-hydrogen) atoms. The Hall–Kier alpha value is -0.580. The smallest absolute Gasteiger partial charge is 0.217 e. The van der Waals surface area contributed by atoms with Crippen LogP contribution >= 0.6 is 11.8 Å². The minimum atomic E-state index is -1.71. The lowest BCUT2D eigenvalue weighted by molar-refractivity contribution is -0.344. The van der Waals surface area contributed by atoms with E-state index < -0.39 is 80.5 Å². The molecule has 0 aliphatic carbocycles. The van der Waals surface area contributed by atoms with Crippen LogP contribution in [0.4, 0.5) is 0 Å².